The Morgan fingerprint density at radius 3 is 2.53 bits per heavy atom. The minimum absolute atomic E-state index is 0.769. The maximum atomic E-state index is 3.57. The van der Waals surface area contributed by atoms with Gasteiger partial charge in [-0.1, -0.05) is 37.3 Å². The van der Waals surface area contributed by atoms with Gasteiger partial charge in [0.05, 0.1) is 0 Å². The van der Waals surface area contributed by atoms with Gasteiger partial charge in [-0.25, -0.2) is 0 Å². The largest absolute Gasteiger partial charge is 0.314 e. The molecule has 2 nitrogen and oxygen atoms in total. The zero-order valence-electron chi connectivity index (χ0n) is 12.3. The van der Waals surface area contributed by atoms with Crippen LogP contribution in [0.2, 0.25) is 0 Å². The molecule has 1 aromatic rings. The van der Waals surface area contributed by atoms with Crippen LogP contribution in [-0.2, 0) is 6.42 Å². The highest BCUT2D eigenvalue weighted by Gasteiger charge is 2.17. The van der Waals surface area contributed by atoms with E-state index in [9.17, 15) is 0 Å². The van der Waals surface area contributed by atoms with Crippen molar-refractivity contribution in [3.63, 3.8) is 0 Å². The number of unbranched alkanes of at least 4 members (excludes halogenated alkanes) is 1. The second kappa shape index (κ2) is 8.34. The third-order valence-electron chi connectivity index (χ3n) is 4.11. The summed E-state index contributed by atoms with van der Waals surface area (Å²) in [7, 11) is 0. The van der Waals surface area contributed by atoms with Gasteiger partial charge in [0.15, 0.2) is 0 Å². The van der Waals surface area contributed by atoms with Crippen LogP contribution in [0.3, 0.4) is 0 Å². The van der Waals surface area contributed by atoms with E-state index in [4.69, 9.17) is 0 Å². The van der Waals surface area contributed by atoms with Gasteiger partial charge in [0.25, 0.3) is 0 Å². The van der Waals surface area contributed by atoms with E-state index in [1.54, 1.807) is 0 Å². The molecular formula is C17H28N2. The third kappa shape index (κ3) is 5.33. The van der Waals surface area contributed by atoms with E-state index in [1.807, 2.05) is 0 Å². The highest BCUT2D eigenvalue weighted by molar-refractivity contribution is 5.14. The van der Waals surface area contributed by atoms with Crippen molar-refractivity contribution in [3.05, 3.63) is 35.9 Å². The van der Waals surface area contributed by atoms with Crippen LogP contribution < -0.4 is 5.32 Å². The fourth-order valence-corrected chi connectivity index (χ4v) is 2.96. The molecule has 0 aromatic heterocycles. The van der Waals surface area contributed by atoms with E-state index in [0.29, 0.717) is 0 Å². The fraction of sp³-hybridized carbons (Fsp3) is 0.647. The molecular weight excluding hydrogens is 232 g/mol. The zero-order valence-corrected chi connectivity index (χ0v) is 12.3. The molecule has 0 saturated carbocycles. The van der Waals surface area contributed by atoms with Crippen molar-refractivity contribution in [2.24, 2.45) is 0 Å². The maximum Gasteiger partial charge on any atom is 0.00912 e. The first-order valence-electron chi connectivity index (χ1n) is 7.88. The molecule has 1 N–H and O–H groups in total. The molecule has 106 valence electrons. The fourth-order valence-electron chi connectivity index (χ4n) is 2.96. The Bertz CT molecular complexity index is 328. The van der Waals surface area contributed by atoms with Gasteiger partial charge < -0.3 is 10.2 Å². The predicted octanol–water partition coefficient (Wildman–Crippen LogP) is 3.08. The van der Waals surface area contributed by atoms with Crippen LogP contribution in [0.25, 0.3) is 0 Å². The SMILES string of the molecule is CCNC1CCN(CCCCc2ccccc2)CC1. The molecule has 0 amide bonds. The molecule has 0 unspecified atom stereocenters. The van der Waals surface area contributed by atoms with Gasteiger partial charge in [0.2, 0.25) is 0 Å². The molecule has 0 atom stereocenters. The van der Waals surface area contributed by atoms with Gasteiger partial charge in [0, 0.05) is 6.04 Å². The van der Waals surface area contributed by atoms with E-state index in [2.05, 4.69) is 47.5 Å². The monoisotopic (exact) mass is 260 g/mol. The van der Waals surface area contributed by atoms with E-state index >= 15 is 0 Å². The quantitative estimate of drug-likeness (QED) is 0.758. The minimum Gasteiger partial charge on any atom is -0.314 e. The third-order valence-corrected chi connectivity index (χ3v) is 4.11. The first kappa shape index (κ1) is 14.5. The molecule has 0 bridgehead atoms. The summed E-state index contributed by atoms with van der Waals surface area (Å²) in [5.41, 5.74) is 1.48. The first-order valence-corrected chi connectivity index (χ1v) is 7.88. The van der Waals surface area contributed by atoms with Crippen molar-refractivity contribution in [3.8, 4) is 0 Å². The topological polar surface area (TPSA) is 15.3 Å². The van der Waals surface area contributed by atoms with Crippen molar-refractivity contribution < 1.29 is 0 Å². The van der Waals surface area contributed by atoms with Crippen LogP contribution >= 0.6 is 0 Å². The Hall–Kier alpha value is -0.860. The average Bonchev–Trinajstić information content (AvgIpc) is 2.47. The van der Waals surface area contributed by atoms with Gasteiger partial charge >= 0.3 is 0 Å². The predicted molar refractivity (Wildman–Crippen MR) is 82.5 cm³/mol. The number of hydrogen-bond acceptors (Lipinski definition) is 2. The highest BCUT2D eigenvalue weighted by Crippen LogP contribution is 2.12. The summed E-state index contributed by atoms with van der Waals surface area (Å²) in [5, 5.41) is 3.57. The molecule has 1 heterocycles. The number of aryl methyl sites for hydroxylation is 1. The van der Waals surface area contributed by atoms with Crippen LogP contribution in [0, 0.1) is 0 Å². The maximum absolute atomic E-state index is 3.57. The van der Waals surface area contributed by atoms with Gasteiger partial charge in [-0.2, -0.15) is 0 Å². The number of rotatable bonds is 7. The lowest BCUT2D eigenvalue weighted by molar-refractivity contribution is 0.196. The minimum atomic E-state index is 0.769. The zero-order chi connectivity index (χ0) is 13.3. The average molecular weight is 260 g/mol. The normalized spacial score (nSPS) is 17.7. The van der Waals surface area contributed by atoms with Gasteiger partial charge in [-0.15, -0.1) is 0 Å². The van der Waals surface area contributed by atoms with Crippen LogP contribution in [0.1, 0.15) is 38.2 Å². The molecule has 1 fully saturated rings. The molecule has 0 radical (unpaired) electrons. The second-order valence-electron chi connectivity index (χ2n) is 5.62. The molecule has 2 heteroatoms. The summed E-state index contributed by atoms with van der Waals surface area (Å²) < 4.78 is 0. The Labute approximate surface area is 118 Å². The first-order chi connectivity index (χ1) is 9.38. The molecule has 2 rings (SSSR count). The Balaban J connectivity index is 1.55. The van der Waals surface area contributed by atoms with E-state index in [1.165, 1.54) is 57.3 Å². The van der Waals surface area contributed by atoms with E-state index < -0.39 is 0 Å². The molecule has 1 aliphatic heterocycles. The standard InChI is InChI=1S/C17H28N2/c1-2-18-17-11-14-19(15-12-17)13-7-6-10-16-8-4-3-5-9-16/h3-5,8-9,17-18H,2,6-7,10-15H2,1H3. The van der Waals surface area contributed by atoms with Gasteiger partial charge in [0.1, 0.15) is 0 Å². The number of benzene rings is 1. The Morgan fingerprint density at radius 2 is 1.84 bits per heavy atom. The lowest BCUT2D eigenvalue weighted by Gasteiger charge is -2.32. The summed E-state index contributed by atoms with van der Waals surface area (Å²) in [4.78, 5) is 2.64. The molecule has 0 aliphatic carbocycles. The lowest BCUT2D eigenvalue weighted by Crippen LogP contribution is -2.42. The van der Waals surface area contributed by atoms with Crippen LogP contribution in [-0.4, -0.2) is 37.1 Å². The molecule has 1 aliphatic rings. The number of piperidine rings is 1. The summed E-state index contributed by atoms with van der Waals surface area (Å²) in [6.45, 7) is 7.16. The molecule has 0 spiro atoms. The Kier molecular flexibility index (Phi) is 6.38. The van der Waals surface area contributed by atoms with Crippen LogP contribution in [0.4, 0.5) is 0 Å². The smallest absolute Gasteiger partial charge is 0.00912 e. The van der Waals surface area contributed by atoms with Gasteiger partial charge in [-0.3, -0.25) is 0 Å². The summed E-state index contributed by atoms with van der Waals surface area (Å²) >= 11 is 0. The van der Waals surface area contributed by atoms with Gasteiger partial charge in [-0.05, 0) is 63.8 Å². The van der Waals surface area contributed by atoms with E-state index in [-0.39, 0.29) is 0 Å². The van der Waals surface area contributed by atoms with Crippen molar-refractivity contribution in [2.45, 2.75) is 45.1 Å². The van der Waals surface area contributed by atoms with Crippen LogP contribution in [0.15, 0.2) is 30.3 Å². The number of likely N-dealkylation sites (tertiary alicyclic amines) is 1. The van der Waals surface area contributed by atoms with Crippen molar-refractivity contribution >= 4 is 0 Å². The van der Waals surface area contributed by atoms with Crippen molar-refractivity contribution in [2.75, 3.05) is 26.2 Å². The van der Waals surface area contributed by atoms with Crippen LogP contribution in [0.5, 0.6) is 0 Å². The second-order valence-corrected chi connectivity index (χ2v) is 5.62. The Morgan fingerprint density at radius 1 is 1.11 bits per heavy atom. The summed E-state index contributed by atoms with van der Waals surface area (Å²) in [6.07, 6.45) is 6.53. The molecule has 1 aromatic carbocycles. The van der Waals surface area contributed by atoms with E-state index in [0.717, 1.165) is 12.6 Å². The number of nitrogens with one attached hydrogen (secondary N) is 1. The van der Waals surface area contributed by atoms with Crippen molar-refractivity contribution in [1.29, 1.82) is 0 Å². The highest BCUT2D eigenvalue weighted by atomic mass is 15.1. The van der Waals surface area contributed by atoms with Crippen molar-refractivity contribution in [1.82, 2.24) is 10.2 Å². The molecule has 1 saturated heterocycles. The molecule has 19 heavy (non-hydrogen) atoms. The number of hydrogen-bond donors (Lipinski definition) is 1. The summed E-state index contributed by atoms with van der Waals surface area (Å²) in [5.74, 6) is 0. The lowest BCUT2D eigenvalue weighted by atomic mass is 10.0. The summed E-state index contributed by atoms with van der Waals surface area (Å²) in [6, 6.07) is 11.6. The number of nitrogens with zero attached hydrogens (tertiary/aromatic N) is 1.